The van der Waals surface area contributed by atoms with Crippen LogP contribution in [0, 0.1) is 34.6 Å². The van der Waals surface area contributed by atoms with Crippen molar-refractivity contribution in [3.63, 3.8) is 0 Å². The highest BCUT2D eigenvalue weighted by molar-refractivity contribution is 6.87. The van der Waals surface area contributed by atoms with Gasteiger partial charge in [-0.3, -0.25) is 0 Å². The minimum atomic E-state index is -0.138. The molecule has 0 bridgehead atoms. The highest BCUT2D eigenvalue weighted by Gasteiger charge is 2.38. The zero-order chi connectivity index (χ0) is 33.4. The van der Waals surface area contributed by atoms with Gasteiger partial charge in [-0.15, -0.1) is 0 Å². The Hall–Kier alpha value is -4.56. The van der Waals surface area contributed by atoms with Gasteiger partial charge in [0.1, 0.15) is 0 Å². The molecule has 0 radical (unpaired) electrons. The lowest BCUT2D eigenvalue weighted by Crippen LogP contribution is -2.48. The van der Waals surface area contributed by atoms with E-state index >= 15 is 0 Å². The summed E-state index contributed by atoms with van der Waals surface area (Å²) in [6.45, 7) is 24.8. The molecule has 234 valence electrons. The minimum absolute atomic E-state index is 0.138. The van der Waals surface area contributed by atoms with Crippen molar-refractivity contribution in [2.24, 2.45) is 0 Å². The number of aromatic nitrogens is 1. The van der Waals surface area contributed by atoms with Crippen LogP contribution in [0.4, 0.5) is 0 Å². The van der Waals surface area contributed by atoms with E-state index in [0.29, 0.717) is 5.82 Å². The molecule has 0 saturated carbocycles. The molecule has 1 aromatic heterocycles. The molecule has 47 heavy (non-hydrogen) atoms. The fourth-order valence-corrected chi connectivity index (χ4v) is 8.60. The molecular formula is C45H46BN. The zero-order valence-electron chi connectivity index (χ0n) is 29.5. The summed E-state index contributed by atoms with van der Waals surface area (Å²) in [7, 11) is 0. The summed E-state index contributed by atoms with van der Waals surface area (Å²) >= 11 is 0. The Morgan fingerprint density at radius 3 is 1.83 bits per heavy atom. The molecule has 1 aliphatic carbocycles. The highest BCUT2D eigenvalue weighted by Crippen LogP contribution is 2.49. The Balaban J connectivity index is 1.39. The van der Waals surface area contributed by atoms with Gasteiger partial charge in [-0.1, -0.05) is 132 Å². The van der Waals surface area contributed by atoms with E-state index < -0.39 is 0 Å². The summed E-state index contributed by atoms with van der Waals surface area (Å²) in [6, 6.07) is 32.9. The second kappa shape index (κ2) is 11.3. The average Bonchev–Trinajstić information content (AvgIpc) is 3.45. The number of rotatable bonds is 6. The number of fused-ring (bicyclic) bond motifs is 6. The lowest BCUT2D eigenvalue weighted by atomic mass is 9.32. The first kappa shape index (κ1) is 31.1. The van der Waals surface area contributed by atoms with Crippen LogP contribution in [-0.2, 0) is 5.41 Å². The summed E-state index contributed by atoms with van der Waals surface area (Å²) < 4.78 is 2.46. The molecule has 1 atom stereocenters. The number of hydrogen-bond acceptors (Lipinski definition) is 0. The topological polar surface area (TPSA) is 4.93 Å². The lowest BCUT2D eigenvalue weighted by molar-refractivity contribution is 0.660. The monoisotopic (exact) mass is 611 g/mol. The van der Waals surface area contributed by atoms with Crippen LogP contribution < -0.4 is 10.9 Å². The van der Waals surface area contributed by atoms with Crippen LogP contribution in [0.1, 0.15) is 66.6 Å². The van der Waals surface area contributed by atoms with Crippen molar-refractivity contribution in [2.45, 2.75) is 73.5 Å². The molecule has 1 aliphatic rings. The third-order valence-electron chi connectivity index (χ3n) is 10.8. The third kappa shape index (κ3) is 5.01. The molecule has 5 aromatic carbocycles. The van der Waals surface area contributed by atoms with Crippen molar-refractivity contribution in [1.82, 2.24) is 4.57 Å². The first-order valence-electron chi connectivity index (χ1n) is 17.1. The zero-order valence-corrected chi connectivity index (χ0v) is 29.5. The second-order valence-electron chi connectivity index (χ2n) is 14.8. The molecule has 7 rings (SSSR count). The molecule has 0 spiro atoms. The van der Waals surface area contributed by atoms with Crippen LogP contribution in [-0.4, -0.2) is 11.3 Å². The Morgan fingerprint density at radius 2 is 1.26 bits per heavy atom. The summed E-state index contributed by atoms with van der Waals surface area (Å²) in [6.07, 6.45) is 4.37. The van der Waals surface area contributed by atoms with Crippen LogP contribution in [0.5, 0.6) is 0 Å². The van der Waals surface area contributed by atoms with Crippen LogP contribution in [0.15, 0.2) is 109 Å². The number of allylic oxidation sites excluding steroid dienone is 3. The number of benzene rings is 5. The summed E-state index contributed by atoms with van der Waals surface area (Å²) in [4.78, 5) is 0. The van der Waals surface area contributed by atoms with Crippen molar-refractivity contribution in [3.8, 4) is 16.8 Å². The van der Waals surface area contributed by atoms with Gasteiger partial charge in [-0.25, -0.2) is 0 Å². The molecule has 1 unspecified atom stereocenters. The van der Waals surface area contributed by atoms with Crippen LogP contribution in [0.2, 0.25) is 5.82 Å². The van der Waals surface area contributed by atoms with Gasteiger partial charge in [0.2, 0.25) is 6.71 Å². The maximum absolute atomic E-state index is 4.05. The van der Waals surface area contributed by atoms with Crippen LogP contribution in [0.3, 0.4) is 0 Å². The van der Waals surface area contributed by atoms with Gasteiger partial charge in [-0.2, -0.15) is 0 Å². The molecule has 0 aliphatic heterocycles. The third-order valence-corrected chi connectivity index (χ3v) is 10.8. The Kier molecular flexibility index (Phi) is 7.47. The molecule has 0 fully saturated rings. The van der Waals surface area contributed by atoms with Crippen molar-refractivity contribution in [1.29, 1.82) is 0 Å². The molecule has 1 heterocycles. The largest absolute Gasteiger partial charge is 0.309 e. The maximum Gasteiger partial charge on any atom is 0.216 e. The van der Waals surface area contributed by atoms with Crippen molar-refractivity contribution in [3.05, 3.63) is 148 Å². The van der Waals surface area contributed by atoms with E-state index in [1.807, 2.05) is 6.08 Å². The number of hydrogen-bond donors (Lipinski definition) is 0. The quantitative estimate of drug-likeness (QED) is 0.130. The predicted octanol–water partition coefficient (Wildman–Crippen LogP) is 10.8. The Bertz CT molecular complexity index is 2190. The average molecular weight is 612 g/mol. The van der Waals surface area contributed by atoms with Gasteiger partial charge in [-0.05, 0) is 106 Å². The number of nitrogens with zero attached hydrogens (tertiary/aromatic N) is 1. The van der Waals surface area contributed by atoms with Crippen LogP contribution >= 0.6 is 0 Å². The van der Waals surface area contributed by atoms with Crippen molar-refractivity contribution in [2.75, 3.05) is 0 Å². The van der Waals surface area contributed by atoms with Gasteiger partial charge in [0, 0.05) is 21.9 Å². The van der Waals surface area contributed by atoms with E-state index in [1.54, 1.807) is 0 Å². The highest BCUT2D eigenvalue weighted by atomic mass is 15.0. The fraction of sp³-hybridized carbons (Fsp3) is 0.244. The van der Waals surface area contributed by atoms with Crippen molar-refractivity contribution >= 4 is 39.4 Å². The molecule has 1 nitrogen and oxygen atoms in total. The molecule has 6 aromatic rings. The minimum Gasteiger partial charge on any atom is -0.309 e. The Morgan fingerprint density at radius 1 is 0.702 bits per heavy atom. The van der Waals surface area contributed by atoms with E-state index in [2.05, 4.69) is 164 Å². The smallest absolute Gasteiger partial charge is 0.216 e. The SMILES string of the molecule is C=C/C(C)=C\C(C)B(c1ccc2c(c1)C(C)(C)c1cc(-n3c4ccc(C)cc4c4cc(C)ccc43)ccc1-2)c1c(C)cc(C)cc1C. The summed E-state index contributed by atoms with van der Waals surface area (Å²) in [5.41, 5.74) is 19.8. The summed E-state index contributed by atoms with van der Waals surface area (Å²) in [5.74, 6) is 0.312. The van der Waals surface area contributed by atoms with E-state index in [0.717, 1.165) is 0 Å². The normalized spacial score (nSPS) is 14.4. The van der Waals surface area contributed by atoms with Crippen LogP contribution in [0.25, 0.3) is 38.6 Å². The first-order chi connectivity index (χ1) is 22.4. The molecule has 0 N–H and O–H groups in total. The van der Waals surface area contributed by atoms with Gasteiger partial charge < -0.3 is 4.57 Å². The van der Waals surface area contributed by atoms with E-state index in [-0.39, 0.29) is 12.1 Å². The van der Waals surface area contributed by atoms with Crippen molar-refractivity contribution < 1.29 is 0 Å². The van der Waals surface area contributed by atoms with Gasteiger partial charge in [0.15, 0.2) is 0 Å². The standard InChI is InChI=1S/C45H46BN/c1-11-27(2)22-33(8)46(44-31(6)20-30(5)21-32(44)7)34-14-16-36-37-17-15-35(26-41(37)45(9,10)40(36)25-34)47-42-18-12-28(3)23-38(42)39-24-29(4)13-19-43(39)47/h11-26,33H,1H2,2-10H3/b27-22-. The Labute approximate surface area is 281 Å². The van der Waals surface area contributed by atoms with E-state index in [9.17, 15) is 0 Å². The number of aryl methyl sites for hydroxylation is 5. The van der Waals surface area contributed by atoms with Gasteiger partial charge in [0.05, 0.1) is 11.0 Å². The molecule has 0 saturated heterocycles. The molecule has 2 heteroatoms. The predicted molar refractivity (Wildman–Crippen MR) is 207 cm³/mol. The molecular weight excluding hydrogens is 565 g/mol. The lowest BCUT2D eigenvalue weighted by Gasteiger charge is -2.27. The second-order valence-corrected chi connectivity index (χ2v) is 14.8. The fourth-order valence-electron chi connectivity index (χ4n) is 8.60. The summed E-state index contributed by atoms with van der Waals surface area (Å²) in [5, 5.41) is 2.64. The maximum atomic E-state index is 4.05. The molecule has 0 amide bonds. The van der Waals surface area contributed by atoms with Gasteiger partial charge in [0.25, 0.3) is 0 Å². The van der Waals surface area contributed by atoms with E-state index in [1.165, 1.54) is 94.1 Å². The van der Waals surface area contributed by atoms with E-state index in [4.69, 9.17) is 0 Å². The first-order valence-corrected chi connectivity index (χ1v) is 17.1. The van der Waals surface area contributed by atoms with Gasteiger partial charge >= 0.3 is 0 Å².